The van der Waals surface area contributed by atoms with Gasteiger partial charge in [0.05, 0.1) is 11.5 Å². The van der Waals surface area contributed by atoms with Crippen molar-refractivity contribution in [3.8, 4) is 0 Å². The van der Waals surface area contributed by atoms with E-state index in [1.54, 1.807) is 6.08 Å². The molecule has 2 atom stereocenters. The largest absolute Gasteiger partial charge is 0.512 e. The summed E-state index contributed by atoms with van der Waals surface area (Å²) in [7, 11) is -4.06. The molecule has 86 valence electrons. The van der Waals surface area contributed by atoms with E-state index in [0.29, 0.717) is 6.42 Å². The molecule has 0 saturated heterocycles. The Labute approximate surface area is 89.7 Å². The number of hydrogen-bond donors (Lipinski definition) is 2. The standard InChI is InChI=1S/C10H16O4S/c1-9(2)7-3-4-10(9,8(11)5-7)6-15(12,13)14/h5,7,11H,3-4,6H2,1-2H3,(H,12,13,14). The lowest BCUT2D eigenvalue weighted by atomic mass is 9.69. The van der Waals surface area contributed by atoms with Gasteiger partial charge in [-0.1, -0.05) is 13.8 Å². The molecule has 2 aliphatic carbocycles. The van der Waals surface area contributed by atoms with Crippen LogP contribution in [-0.2, 0) is 10.1 Å². The van der Waals surface area contributed by atoms with Crippen LogP contribution in [0.5, 0.6) is 0 Å². The number of fused-ring (bicyclic) bond motifs is 2. The fraction of sp³-hybridized carbons (Fsp3) is 0.800. The van der Waals surface area contributed by atoms with Crippen molar-refractivity contribution in [3.05, 3.63) is 11.8 Å². The lowest BCUT2D eigenvalue weighted by molar-refractivity contribution is 0.123. The predicted octanol–water partition coefficient (Wildman–Crippen LogP) is 1.75. The van der Waals surface area contributed by atoms with E-state index in [1.165, 1.54) is 0 Å². The van der Waals surface area contributed by atoms with Gasteiger partial charge >= 0.3 is 0 Å². The third-order valence-electron chi connectivity index (χ3n) is 4.32. The highest BCUT2D eigenvalue weighted by Crippen LogP contribution is 2.64. The fourth-order valence-electron chi connectivity index (χ4n) is 3.18. The predicted molar refractivity (Wildman–Crippen MR) is 56.1 cm³/mol. The number of rotatable bonds is 2. The minimum absolute atomic E-state index is 0.140. The Morgan fingerprint density at radius 1 is 1.53 bits per heavy atom. The summed E-state index contributed by atoms with van der Waals surface area (Å²) in [6.45, 7) is 3.91. The SMILES string of the molecule is CC1(C)C2C=C(O)C1(CS(=O)(=O)O)CC2. The molecule has 2 rings (SSSR count). The van der Waals surface area contributed by atoms with E-state index in [2.05, 4.69) is 0 Å². The molecule has 2 N–H and O–H groups in total. The summed E-state index contributed by atoms with van der Waals surface area (Å²) in [5.74, 6) is -0.00752. The molecule has 5 heteroatoms. The molecule has 1 fully saturated rings. The first-order valence-corrected chi connectivity index (χ1v) is 6.66. The summed E-state index contributed by atoms with van der Waals surface area (Å²) in [6, 6.07) is 0. The third-order valence-corrected chi connectivity index (χ3v) is 5.18. The quantitative estimate of drug-likeness (QED) is 0.711. The molecule has 0 aliphatic heterocycles. The first-order valence-electron chi connectivity index (χ1n) is 5.05. The van der Waals surface area contributed by atoms with E-state index in [-0.39, 0.29) is 22.8 Å². The summed E-state index contributed by atoms with van der Waals surface area (Å²) in [6.07, 6.45) is 3.26. The summed E-state index contributed by atoms with van der Waals surface area (Å²) < 4.78 is 31.0. The highest BCUT2D eigenvalue weighted by molar-refractivity contribution is 7.85. The Balaban J connectivity index is 2.46. The monoisotopic (exact) mass is 232 g/mol. The topological polar surface area (TPSA) is 74.6 Å². The second-order valence-corrected chi connectivity index (χ2v) is 6.68. The van der Waals surface area contributed by atoms with Gasteiger partial charge in [0.15, 0.2) is 0 Å². The Hall–Kier alpha value is -0.550. The summed E-state index contributed by atoms with van der Waals surface area (Å²) in [5, 5.41) is 9.85. The summed E-state index contributed by atoms with van der Waals surface area (Å²) in [4.78, 5) is 0. The summed E-state index contributed by atoms with van der Waals surface area (Å²) in [5.41, 5.74) is -1.06. The van der Waals surface area contributed by atoms with Crippen LogP contribution in [-0.4, -0.2) is 23.8 Å². The minimum Gasteiger partial charge on any atom is -0.512 e. The van der Waals surface area contributed by atoms with Crippen molar-refractivity contribution >= 4 is 10.1 Å². The molecular formula is C10H16O4S. The number of aliphatic hydroxyl groups excluding tert-OH is 1. The average molecular weight is 232 g/mol. The Morgan fingerprint density at radius 3 is 2.47 bits per heavy atom. The Morgan fingerprint density at radius 2 is 2.13 bits per heavy atom. The highest BCUT2D eigenvalue weighted by Gasteiger charge is 2.62. The Kier molecular flexibility index (Phi) is 2.02. The van der Waals surface area contributed by atoms with Gasteiger partial charge in [-0.05, 0) is 30.3 Å². The van der Waals surface area contributed by atoms with Crippen molar-refractivity contribution in [2.75, 3.05) is 5.75 Å². The zero-order valence-corrected chi connectivity index (χ0v) is 9.71. The molecule has 0 aromatic rings. The van der Waals surface area contributed by atoms with Crippen molar-refractivity contribution < 1.29 is 18.1 Å². The third kappa shape index (κ3) is 1.33. The minimum atomic E-state index is -4.06. The van der Waals surface area contributed by atoms with E-state index < -0.39 is 15.5 Å². The lowest BCUT2D eigenvalue weighted by Crippen LogP contribution is -2.39. The van der Waals surface area contributed by atoms with Crippen LogP contribution < -0.4 is 0 Å². The van der Waals surface area contributed by atoms with E-state index >= 15 is 0 Å². The van der Waals surface area contributed by atoms with Crippen LogP contribution in [0.15, 0.2) is 11.8 Å². The van der Waals surface area contributed by atoms with Crippen LogP contribution in [0.2, 0.25) is 0 Å². The van der Waals surface area contributed by atoms with E-state index in [9.17, 15) is 13.5 Å². The molecular weight excluding hydrogens is 216 g/mol. The first kappa shape index (κ1) is 11.0. The highest BCUT2D eigenvalue weighted by atomic mass is 32.2. The van der Waals surface area contributed by atoms with Crippen LogP contribution in [0.4, 0.5) is 0 Å². The second-order valence-electron chi connectivity index (χ2n) is 5.23. The number of allylic oxidation sites excluding steroid dienone is 2. The molecule has 2 unspecified atom stereocenters. The summed E-state index contributed by atoms with van der Waals surface area (Å²) >= 11 is 0. The van der Waals surface area contributed by atoms with Crippen LogP contribution in [0.25, 0.3) is 0 Å². The molecule has 2 aliphatic rings. The molecule has 0 radical (unpaired) electrons. The maximum atomic E-state index is 11.0. The molecule has 1 saturated carbocycles. The maximum absolute atomic E-state index is 11.0. The fourth-order valence-corrected chi connectivity index (χ4v) is 4.47. The zero-order chi connectivity index (χ0) is 11.5. The van der Waals surface area contributed by atoms with Gasteiger partial charge in [-0.25, -0.2) is 0 Å². The van der Waals surface area contributed by atoms with Gasteiger partial charge in [0, 0.05) is 5.41 Å². The van der Waals surface area contributed by atoms with Gasteiger partial charge in [-0.15, -0.1) is 0 Å². The first-order chi connectivity index (χ1) is 6.69. The molecule has 0 spiro atoms. The lowest BCUT2D eigenvalue weighted by Gasteiger charge is -2.37. The van der Waals surface area contributed by atoms with Crippen LogP contribution >= 0.6 is 0 Å². The van der Waals surface area contributed by atoms with E-state index in [1.807, 2.05) is 13.8 Å². The molecule has 0 aromatic heterocycles. The van der Waals surface area contributed by atoms with Crippen molar-refractivity contribution in [2.24, 2.45) is 16.7 Å². The number of hydrogen-bond acceptors (Lipinski definition) is 3. The van der Waals surface area contributed by atoms with Crippen molar-refractivity contribution in [2.45, 2.75) is 26.7 Å². The van der Waals surface area contributed by atoms with Gasteiger partial charge in [-0.3, -0.25) is 4.55 Å². The average Bonchev–Trinajstić information content (AvgIpc) is 2.34. The molecule has 0 amide bonds. The number of aliphatic hydroxyl groups is 1. The van der Waals surface area contributed by atoms with Crippen LogP contribution in [0.1, 0.15) is 26.7 Å². The van der Waals surface area contributed by atoms with E-state index in [4.69, 9.17) is 4.55 Å². The van der Waals surface area contributed by atoms with Gasteiger partial charge in [0.1, 0.15) is 0 Å². The Bertz CT molecular complexity index is 421. The van der Waals surface area contributed by atoms with Gasteiger partial charge in [-0.2, -0.15) is 8.42 Å². The van der Waals surface area contributed by atoms with Crippen molar-refractivity contribution in [3.63, 3.8) is 0 Å². The van der Waals surface area contributed by atoms with Crippen LogP contribution in [0, 0.1) is 16.7 Å². The van der Waals surface area contributed by atoms with Crippen molar-refractivity contribution in [1.82, 2.24) is 0 Å². The van der Waals surface area contributed by atoms with Crippen molar-refractivity contribution in [1.29, 1.82) is 0 Å². The van der Waals surface area contributed by atoms with Gasteiger partial charge < -0.3 is 5.11 Å². The molecule has 0 heterocycles. The maximum Gasteiger partial charge on any atom is 0.265 e. The molecule has 4 nitrogen and oxygen atoms in total. The normalized spacial score (nSPS) is 38.1. The molecule has 2 bridgehead atoms. The molecule has 0 aromatic carbocycles. The second kappa shape index (κ2) is 2.77. The van der Waals surface area contributed by atoms with Gasteiger partial charge in [0.2, 0.25) is 0 Å². The van der Waals surface area contributed by atoms with E-state index in [0.717, 1.165) is 6.42 Å². The smallest absolute Gasteiger partial charge is 0.265 e. The molecule has 15 heavy (non-hydrogen) atoms. The zero-order valence-electron chi connectivity index (χ0n) is 8.90. The van der Waals surface area contributed by atoms with Gasteiger partial charge in [0.25, 0.3) is 10.1 Å². The van der Waals surface area contributed by atoms with Crippen LogP contribution in [0.3, 0.4) is 0 Å².